The van der Waals surface area contributed by atoms with Crippen molar-refractivity contribution in [3.8, 4) is 0 Å². The lowest BCUT2D eigenvalue weighted by Crippen LogP contribution is -2.35. The lowest BCUT2D eigenvalue weighted by Gasteiger charge is -2.37. The molecule has 1 aromatic rings. The Kier molecular flexibility index (Phi) is 4.49. The zero-order valence-electron chi connectivity index (χ0n) is 14.4. The first kappa shape index (κ1) is 17.7. The van der Waals surface area contributed by atoms with E-state index in [2.05, 4.69) is 15.9 Å². The molecule has 2 aliphatic rings. The number of Topliss-reactive ketones (excluding diaryl/α,β-unsaturated/α-hetero) is 1. The average Bonchev–Trinajstić information content (AvgIpc) is 2.52. The van der Waals surface area contributed by atoms with Crippen molar-refractivity contribution in [2.45, 2.75) is 32.6 Å². The predicted molar refractivity (Wildman–Crippen MR) is 96.2 cm³/mol. The van der Waals surface area contributed by atoms with E-state index in [1.165, 1.54) is 7.11 Å². The Balaban J connectivity index is 2.19. The number of hydrogen-bond acceptors (Lipinski definition) is 5. The highest BCUT2D eigenvalue weighted by atomic mass is 79.9. The van der Waals surface area contributed by atoms with Crippen LogP contribution in [-0.4, -0.2) is 18.9 Å². The highest BCUT2D eigenvalue weighted by Gasteiger charge is 2.44. The van der Waals surface area contributed by atoms with Crippen LogP contribution < -0.4 is 5.73 Å². The van der Waals surface area contributed by atoms with Crippen LogP contribution in [0.15, 0.2) is 51.5 Å². The topological polar surface area (TPSA) is 78.6 Å². The van der Waals surface area contributed by atoms with Gasteiger partial charge in [0.25, 0.3) is 0 Å². The van der Waals surface area contributed by atoms with Gasteiger partial charge in [-0.3, -0.25) is 4.79 Å². The Morgan fingerprint density at radius 2 is 1.92 bits per heavy atom. The number of halogens is 1. The molecule has 0 radical (unpaired) electrons. The summed E-state index contributed by atoms with van der Waals surface area (Å²) in [6.07, 6.45) is 0.993. The Hall–Kier alpha value is -2.08. The van der Waals surface area contributed by atoms with Crippen molar-refractivity contribution in [3.05, 3.63) is 57.1 Å². The van der Waals surface area contributed by atoms with E-state index >= 15 is 0 Å². The van der Waals surface area contributed by atoms with Crippen molar-refractivity contribution >= 4 is 27.7 Å². The van der Waals surface area contributed by atoms with E-state index in [4.69, 9.17) is 15.2 Å². The van der Waals surface area contributed by atoms with Gasteiger partial charge in [-0.15, -0.1) is 0 Å². The molecule has 0 saturated carbocycles. The number of nitrogens with two attached hydrogens (primary N) is 1. The molecule has 0 unspecified atom stereocenters. The summed E-state index contributed by atoms with van der Waals surface area (Å²) < 4.78 is 11.5. The molecule has 0 aromatic heterocycles. The Morgan fingerprint density at radius 1 is 1.28 bits per heavy atom. The van der Waals surface area contributed by atoms with Crippen molar-refractivity contribution in [3.63, 3.8) is 0 Å². The van der Waals surface area contributed by atoms with E-state index < -0.39 is 11.9 Å². The van der Waals surface area contributed by atoms with Crippen LogP contribution in [0.3, 0.4) is 0 Å². The minimum Gasteiger partial charge on any atom is -0.465 e. The maximum Gasteiger partial charge on any atom is 0.340 e. The van der Waals surface area contributed by atoms with Crippen LogP contribution in [0.2, 0.25) is 0 Å². The number of allylic oxidation sites excluding steroid dienone is 2. The zero-order chi connectivity index (χ0) is 18.4. The third-order valence-electron chi connectivity index (χ3n) is 4.56. The maximum atomic E-state index is 12.9. The molecule has 0 saturated heterocycles. The molecular weight excluding hydrogens is 386 g/mol. The molecule has 132 valence electrons. The van der Waals surface area contributed by atoms with Crippen molar-refractivity contribution in [1.29, 1.82) is 0 Å². The van der Waals surface area contributed by atoms with Gasteiger partial charge in [-0.1, -0.05) is 41.9 Å². The number of benzene rings is 1. The van der Waals surface area contributed by atoms with E-state index in [1.54, 1.807) is 0 Å². The molecule has 3 rings (SSSR count). The van der Waals surface area contributed by atoms with Crippen LogP contribution in [-0.2, 0) is 19.1 Å². The Morgan fingerprint density at radius 3 is 2.52 bits per heavy atom. The van der Waals surface area contributed by atoms with E-state index in [0.29, 0.717) is 24.2 Å². The summed E-state index contributed by atoms with van der Waals surface area (Å²) in [7, 11) is 1.29. The molecule has 1 atom stereocenters. The Labute approximate surface area is 155 Å². The molecular formula is C19H20BrNO4. The van der Waals surface area contributed by atoms with Crippen molar-refractivity contribution in [1.82, 2.24) is 0 Å². The third kappa shape index (κ3) is 3.23. The van der Waals surface area contributed by atoms with Crippen molar-refractivity contribution < 1.29 is 19.1 Å². The number of methoxy groups -OCH3 is 1. The monoisotopic (exact) mass is 405 g/mol. The highest BCUT2D eigenvalue weighted by Crippen LogP contribution is 2.48. The summed E-state index contributed by atoms with van der Waals surface area (Å²) in [6.45, 7) is 4.03. The van der Waals surface area contributed by atoms with Gasteiger partial charge in [0.2, 0.25) is 5.88 Å². The van der Waals surface area contributed by atoms with Crippen LogP contribution in [0.1, 0.15) is 38.2 Å². The minimum absolute atomic E-state index is 0.00372. The van der Waals surface area contributed by atoms with E-state index in [-0.39, 0.29) is 22.7 Å². The Bertz CT molecular complexity index is 805. The molecule has 0 fully saturated rings. The van der Waals surface area contributed by atoms with Crippen LogP contribution in [0, 0.1) is 5.41 Å². The number of esters is 1. The largest absolute Gasteiger partial charge is 0.465 e. The van der Waals surface area contributed by atoms with Gasteiger partial charge >= 0.3 is 5.97 Å². The van der Waals surface area contributed by atoms with Gasteiger partial charge in [-0.05, 0) is 23.1 Å². The second-order valence-electron chi connectivity index (χ2n) is 7.13. The van der Waals surface area contributed by atoms with Crippen LogP contribution >= 0.6 is 15.9 Å². The molecule has 1 aromatic carbocycles. The van der Waals surface area contributed by atoms with Gasteiger partial charge in [-0.25, -0.2) is 4.79 Å². The van der Waals surface area contributed by atoms with E-state index in [9.17, 15) is 9.59 Å². The normalized spacial score (nSPS) is 22.4. The summed E-state index contributed by atoms with van der Waals surface area (Å²) in [5, 5.41) is 0. The SMILES string of the molecule is COC(=O)C1=C(N)OC2=C(C(=O)CC(C)(C)C2)[C@@H]1c1ccc(Br)cc1. The van der Waals surface area contributed by atoms with Crippen LogP contribution in [0.5, 0.6) is 0 Å². The molecule has 0 bridgehead atoms. The molecule has 2 N–H and O–H groups in total. The molecule has 0 amide bonds. The molecule has 1 aliphatic heterocycles. The molecule has 0 spiro atoms. The third-order valence-corrected chi connectivity index (χ3v) is 5.09. The summed E-state index contributed by atoms with van der Waals surface area (Å²) in [6, 6.07) is 7.47. The van der Waals surface area contributed by atoms with Crippen LogP contribution in [0.4, 0.5) is 0 Å². The molecule has 5 nitrogen and oxygen atoms in total. The number of ketones is 1. The summed E-state index contributed by atoms with van der Waals surface area (Å²) in [5.41, 5.74) is 7.34. The fraction of sp³-hybridized carbons (Fsp3) is 0.368. The second-order valence-corrected chi connectivity index (χ2v) is 8.05. The number of carbonyl (C=O) groups excluding carboxylic acids is 2. The van der Waals surface area contributed by atoms with E-state index in [1.807, 2.05) is 38.1 Å². The summed E-state index contributed by atoms with van der Waals surface area (Å²) in [5.74, 6) is -0.626. The highest BCUT2D eigenvalue weighted by molar-refractivity contribution is 9.10. The van der Waals surface area contributed by atoms with Gasteiger partial charge < -0.3 is 15.2 Å². The van der Waals surface area contributed by atoms with Crippen LogP contribution in [0.25, 0.3) is 0 Å². The minimum atomic E-state index is -0.588. The first-order valence-electron chi connectivity index (χ1n) is 8.01. The average molecular weight is 406 g/mol. The summed E-state index contributed by atoms with van der Waals surface area (Å²) >= 11 is 3.40. The van der Waals surface area contributed by atoms with Crippen molar-refractivity contribution in [2.75, 3.05) is 7.11 Å². The smallest absolute Gasteiger partial charge is 0.340 e. The number of rotatable bonds is 2. The second kappa shape index (κ2) is 6.33. The first-order chi connectivity index (χ1) is 11.7. The van der Waals surface area contributed by atoms with Gasteiger partial charge in [0, 0.05) is 22.9 Å². The van der Waals surface area contributed by atoms with Crippen molar-refractivity contribution in [2.24, 2.45) is 11.1 Å². The fourth-order valence-corrected chi connectivity index (χ4v) is 3.75. The molecule has 1 aliphatic carbocycles. The molecule has 25 heavy (non-hydrogen) atoms. The molecule has 6 heteroatoms. The lowest BCUT2D eigenvalue weighted by atomic mass is 9.70. The van der Waals surface area contributed by atoms with Gasteiger partial charge in [0.05, 0.1) is 13.0 Å². The standard InChI is InChI=1S/C19H20BrNO4/c1-19(2)8-12(22)15-13(9-19)25-17(21)16(18(23)24-3)14(15)10-4-6-11(20)7-5-10/h4-7,14H,8-9,21H2,1-3H3/t14-/m0/s1. The molecule has 1 heterocycles. The number of ether oxygens (including phenoxy) is 2. The first-order valence-corrected chi connectivity index (χ1v) is 8.80. The van der Waals surface area contributed by atoms with E-state index in [0.717, 1.165) is 10.0 Å². The number of hydrogen-bond donors (Lipinski definition) is 1. The van der Waals surface area contributed by atoms with Gasteiger partial charge in [-0.2, -0.15) is 0 Å². The lowest BCUT2D eigenvalue weighted by molar-refractivity contribution is -0.136. The van der Waals surface area contributed by atoms with Gasteiger partial charge in [0.1, 0.15) is 11.3 Å². The predicted octanol–water partition coefficient (Wildman–Crippen LogP) is 3.55. The fourth-order valence-electron chi connectivity index (χ4n) is 3.48. The summed E-state index contributed by atoms with van der Waals surface area (Å²) in [4.78, 5) is 25.2. The van der Waals surface area contributed by atoms with Gasteiger partial charge in [0.15, 0.2) is 5.78 Å². The maximum absolute atomic E-state index is 12.9. The number of carbonyl (C=O) groups is 2. The quantitative estimate of drug-likeness (QED) is 0.760. The zero-order valence-corrected chi connectivity index (χ0v) is 16.0.